The summed E-state index contributed by atoms with van der Waals surface area (Å²) in [6, 6.07) is 9.12. The first-order chi connectivity index (χ1) is 10.6. The summed E-state index contributed by atoms with van der Waals surface area (Å²) in [6.45, 7) is 15.1. The second kappa shape index (κ2) is 8.30. The monoisotopic (exact) mass is 330 g/mol. The topological polar surface area (TPSA) is 26.3 Å². The zero-order valence-electron chi connectivity index (χ0n) is 15.2. The van der Waals surface area contributed by atoms with Crippen LogP contribution in [0.25, 0.3) is 0 Å². The minimum Gasteiger partial charge on any atom is -0.544 e. The third-order valence-electron chi connectivity index (χ3n) is 4.40. The van der Waals surface area contributed by atoms with Gasteiger partial charge in [0, 0.05) is 0 Å². The van der Waals surface area contributed by atoms with E-state index in [2.05, 4.69) is 46.5 Å². The Morgan fingerprint density at radius 2 is 1.87 bits per heavy atom. The Kier molecular flexibility index (Phi) is 7.01. The van der Waals surface area contributed by atoms with Crippen molar-refractivity contribution in [1.29, 1.82) is 0 Å². The molecule has 1 rings (SSSR count). The number of rotatable bonds is 7. The molecule has 0 radical (unpaired) electrons. The van der Waals surface area contributed by atoms with Crippen LogP contribution in [-0.2, 0) is 10.8 Å². The molecule has 0 N–H and O–H groups in total. The van der Waals surface area contributed by atoms with Gasteiger partial charge in [-0.2, -0.15) is 0 Å². The highest BCUT2D eigenvalue weighted by atomic mass is 28.4. The van der Waals surface area contributed by atoms with Crippen LogP contribution in [0.3, 0.4) is 0 Å². The minimum atomic E-state index is -1.80. The van der Waals surface area contributed by atoms with Crippen molar-refractivity contribution in [2.24, 2.45) is 0 Å². The summed E-state index contributed by atoms with van der Waals surface area (Å²) in [4.78, 5) is 11.8. The van der Waals surface area contributed by atoms with Gasteiger partial charge in [0.25, 0.3) is 0 Å². The van der Waals surface area contributed by atoms with Crippen LogP contribution in [0.15, 0.2) is 59.6 Å². The molecule has 0 spiro atoms. The molecule has 126 valence electrons. The molecule has 0 aliphatic carbocycles. The molecule has 23 heavy (non-hydrogen) atoms. The highest BCUT2D eigenvalue weighted by Crippen LogP contribution is 2.37. The molecule has 0 amide bonds. The maximum atomic E-state index is 11.8. The molecule has 1 aromatic carbocycles. The molecular weight excluding hydrogens is 300 g/mol. The summed E-state index contributed by atoms with van der Waals surface area (Å²) < 4.78 is 6.11. The standard InChI is InChI=1S/C20H30O2Si/c1-17(22-23(5,6)20(2,3)4)13-9-7-10-14-18-15-11-8-12-16-19(18)21/h8-9,11-13,15-16H,1,7,10,14H2,2-6H3/b13-9+. The number of allylic oxidation sites excluding steroid dienone is 2. The van der Waals surface area contributed by atoms with E-state index in [1.165, 1.54) is 0 Å². The number of hydrogen-bond acceptors (Lipinski definition) is 2. The normalized spacial score (nSPS) is 12.4. The van der Waals surface area contributed by atoms with Gasteiger partial charge in [-0.25, -0.2) is 0 Å². The summed E-state index contributed by atoms with van der Waals surface area (Å²) in [5.74, 6) is 0.743. The Hall–Kier alpha value is -1.61. The van der Waals surface area contributed by atoms with Gasteiger partial charge in [-0.1, -0.05) is 57.7 Å². The molecule has 0 aliphatic heterocycles. The maximum Gasteiger partial charge on any atom is 0.250 e. The lowest BCUT2D eigenvalue weighted by atomic mass is 10.1. The zero-order chi connectivity index (χ0) is 17.5. The average molecular weight is 331 g/mol. The Labute approximate surface area is 142 Å². The van der Waals surface area contributed by atoms with Crippen molar-refractivity contribution in [1.82, 2.24) is 0 Å². The first kappa shape index (κ1) is 19.4. The van der Waals surface area contributed by atoms with E-state index in [0.717, 1.165) is 30.6 Å². The summed E-state index contributed by atoms with van der Waals surface area (Å²) >= 11 is 0. The quantitative estimate of drug-likeness (QED) is 0.287. The molecule has 0 atom stereocenters. The largest absolute Gasteiger partial charge is 0.544 e. The number of hydrogen-bond donors (Lipinski definition) is 0. The van der Waals surface area contributed by atoms with Gasteiger partial charge in [-0.15, -0.1) is 0 Å². The van der Waals surface area contributed by atoms with E-state index < -0.39 is 8.32 Å². The van der Waals surface area contributed by atoms with Crippen LogP contribution in [0.1, 0.15) is 39.2 Å². The van der Waals surface area contributed by atoms with E-state index in [-0.39, 0.29) is 10.5 Å². The van der Waals surface area contributed by atoms with Crippen molar-refractivity contribution >= 4 is 8.32 Å². The van der Waals surface area contributed by atoms with E-state index in [4.69, 9.17) is 4.43 Å². The first-order valence-corrected chi connectivity index (χ1v) is 11.2. The number of aryl methyl sites for hydroxylation is 1. The van der Waals surface area contributed by atoms with Crippen LogP contribution < -0.4 is 5.43 Å². The SMILES string of the molecule is C=C(/C=C/CCCc1cccccc1=O)O[Si](C)(C)C(C)(C)C. The van der Waals surface area contributed by atoms with E-state index in [0.29, 0.717) is 0 Å². The second-order valence-electron chi connectivity index (χ2n) is 7.42. The van der Waals surface area contributed by atoms with Crippen LogP contribution in [0, 0.1) is 0 Å². The molecule has 3 heteroatoms. The highest BCUT2D eigenvalue weighted by molar-refractivity contribution is 6.74. The molecule has 0 bridgehead atoms. The van der Waals surface area contributed by atoms with Crippen molar-refractivity contribution in [3.63, 3.8) is 0 Å². The lowest BCUT2D eigenvalue weighted by Crippen LogP contribution is -2.40. The predicted octanol–water partition coefficient (Wildman–Crippen LogP) is 5.46. The second-order valence-corrected chi connectivity index (χ2v) is 12.1. The lowest BCUT2D eigenvalue weighted by Gasteiger charge is -2.36. The van der Waals surface area contributed by atoms with Gasteiger partial charge in [0.15, 0.2) is 5.43 Å². The van der Waals surface area contributed by atoms with Crippen molar-refractivity contribution in [3.05, 3.63) is 70.6 Å². The fraction of sp³-hybridized carbons (Fsp3) is 0.450. The van der Waals surface area contributed by atoms with Crippen LogP contribution in [0.2, 0.25) is 18.1 Å². The fourth-order valence-corrected chi connectivity index (χ4v) is 2.94. The van der Waals surface area contributed by atoms with Crippen LogP contribution in [0.4, 0.5) is 0 Å². The fourth-order valence-electron chi connectivity index (χ4n) is 1.91. The number of unbranched alkanes of at least 4 members (excludes halogenated alkanes) is 1. The van der Waals surface area contributed by atoms with Crippen LogP contribution >= 0.6 is 0 Å². The predicted molar refractivity (Wildman–Crippen MR) is 102 cm³/mol. The third kappa shape index (κ3) is 6.57. The van der Waals surface area contributed by atoms with Crippen LogP contribution in [0.5, 0.6) is 0 Å². The van der Waals surface area contributed by atoms with Gasteiger partial charge in [0.2, 0.25) is 8.32 Å². The highest BCUT2D eigenvalue weighted by Gasteiger charge is 2.38. The average Bonchev–Trinajstić information content (AvgIpc) is 2.61. The zero-order valence-corrected chi connectivity index (χ0v) is 16.2. The molecule has 0 aliphatic rings. The molecule has 0 unspecified atom stereocenters. The van der Waals surface area contributed by atoms with E-state index in [9.17, 15) is 4.79 Å². The molecule has 0 saturated carbocycles. The summed E-state index contributed by atoms with van der Waals surface area (Å²) in [5.41, 5.74) is 0.990. The molecule has 1 aromatic rings. The molecule has 0 aromatic heterocycles. The van der Waals surface area contributed by atoms with Crippen molar-refractivity contribution in [2.45, 2.75) is 58.2 Å². The smallest absolute Gasteiger partial charge is 0.250 e. The van der Waals surface area contributed by atoms with Crippen molar-refractivity contribution in [2.75, 3.05) is 0 Å². The van der Waals surface area contributed by atoms with E-state index in [1.54, 1.807) is 12.1 Å². The van der Waals surface area contributed by atoms with E-state index in [1.807, 2.05) is 24.3 Å². The van der Waals surface area contributed by atoms with Gasteiger partial charge >= 0.3 is 0 Å². The van der Waals surface area contributed by atoms with Gasteiger partial charge in [-0.3, -0.25) is 4.79 Å². The van der Waals surface area contributed by atoms with Gasteiger partial charge in [0.1, 0.15) is 0 Å². The van der Waals surface area contributed by atoms with Crippen molar-refractivity contribution in [3.8, 4) is 0 Å². The first-order valence-electron chi connectivity index (χ1n) is 8.26. The van der Waals surface area contributed by atoms with Crippen LogP contribution in [-0.4, -0.2) is 8.32 Å². The van der Waals surface area contributed by atoms with E-state index >= 15 is 0 Å². The third-order valence-corrected chi connectivity index (χ3v) is 8.78. The Balaban J connectivity index is 2.44. The van der Waals surface area contributed by atoms with Crippen molar-refractivity contribution < 1.29 is 4.43 Å². The van der Waals surface area contributed by atoms with Gasteiger partial charge in [0.05, 0.1) is 5.76 Å². The summed E-state index contributed by atoms with van der Waals surface area (Å²) in [7, 11) is -1.80. The Bertz CT molecular complexity index is 609. The molecular formula is C20H30O2Si. The molecule has 0 heterocycles. The summed E-state index contributed by atoms with van der Waals surface area (Å²) in [6.07, 6.45) is 6.71. The Morgan fingerprint density at radius 3 is 2.52 bits per heavy atom. The Morgan fingerprint density at radius 1 is 1.22 bits per heavy atom. The molecule has 0 fully saturated rings. The maximum absolute atomic E-state index is 11.8. The molecule has 0 saturated heterocycles. The minimum absolute atomic E-state index is 0.115. The van der Waals surface area contributed by atoms with Gasteiger partial charge in [-0.05, 0) is 55.1 Å². The van der Waals surface area contributed by atoms with Gasteiger partial charge < -0.3 is 4.43 Å². The lowest BCUT2D eigenvalue weighted by molar-refractivity contribution is 0.401. The summed E-state index contributed by atoms with van der Waals surface area (Å²) in [5, 5.41) is 0.178. The molecule has 2 nitrogen and oxygen atoms in total.